The quantitative estimate of drug-likeness (QED) is 0.525. The second kappa shape index (κ2) is 8.22. The number of carbonyl (C=O) groups is 2. The fraction of sp³-hybridized carbons (Fsp3) is 0.0455. The standard InChI is InChI=1S/C22H15ClN2O4S/c1-12-10-13(21(27)28)2-8-17(12)18-9-7-16(29-18)11-19-20(26)25-22(30-19)24-15-5-3-14(23)4-6-15/h2-11H,1H3,(H,27,28)(H,24,25,26)/b19-11-. The third-order valence-electron chi connectivity index (χ3n) is 4.35. The van der Waals surface area contributed by atoms with Crippen molar-refractivity contribution in [2.45, 2.75) is 6.92 Å². The van der Waals surface area contributed by atoms with Gasteiger partial charge in [0.2, 0.25) is 0 Å². The molecule has 1 saturated heterocycles. The van der Waals surface area contributed by atoms with Gasteiger partial charge in [0.15, 0.2) is 5.17 Å². The molecule has 3 aromatic rings. The number of carboxylic acid groups (broad SMARTS) is 1. The monoisotopic (exact) mass is 438 g/mol. The van der Waals surface area contributed by atoms with Crippen LogP contribution in [0.5, 0.6) is 0 Å². The number of nitrogens with zero attached hydrogens (tertiary/aromatic N) is 1. The fourth-order valence-electron chi connectivity index (χ4n) is 2.89. The van der Waals surface area contributed by atoms with Crippen LogP contribution in [-0.2, 0) is 4.79 Å². The van der Waals surface area contributed by atoms with Gasteiger partial charge in [0, 0.05) is 16.7 Å². The van der Waals surface area contributed by atoms with Crippen molar-refractivity contribution < 1.29 is 19.1 Å². The first-order valence-electron chi connectivity index (χ1n) is 8.88. The van der Waals surface area contributed by atoms with E-state index in [-0.39, 0.29) is 11.5 Å². The Morgan fingerprint density at radius 3 is 2.63 bits per heavy atom. The third kappa shape index (κ3) is 4.32. The number of halogens is 1. The molecule has 0 saturated carbocycles. The lowest BCUT2D eigenvalue weighted by Gasteiger charge is -2.04. The van der Waals surface area contributed by atoms with Gasteiger partial charge in [-0.05, 0) is 72.8 Å². The molecular weight excluding hydrogens is 424 g/mol. The van der Waals surface area contributed by atoms with E-state index in [4.69, 9.17) is 21.1 Å². The van der Waals surface area contributed by atoms with Crippen molar-refractivity contribution >= 4 is 52.2 Å². The minimum absolute atomic E-state index is 0.219. The Kier molecular flexibility index (Phi) is 5.48. The SMILES string of the molecule is Cc1cc(C(=O)O)ccc1-c1ccc(/C=C2\SC(=Nc3ccc(Cl)cc3)NC2=O)o1. The van der Waals surface area contributed by atoms with Crippen molar-refractivity contribution in [1.29, 1.82) is 0 Å². The molecule has 1 aliphatic rings. The molecule has 0 radical (unpaired) electrons. The number of rotatable bonds is 4. The van der Waals surface area contributed by atoms with E-state index in [2.05, 4.69) is 10.3 Å². The number of aryl methyl sites for hydroxylation is 1. The lowest BCUT2D eigenvalue weighted by molar-refractivity contribution is -0.115. The van der Waals surface area contributed by atoms with E-state index >= 15 is 0 Å². The van der Waals surface area contributed by atoms with Gasteiger partial charge in [-0.3, -0.25) is 4.79 Å². The minimum Gasteiger partial charge on any atom is -0.478 e. The number of thioether (sulfide) groups is 1. The van der Waals surface area contributed by atoms with Crippen LogP contribution in [0.4, 0.5) is 5.69 Å². The van der Waals surface area contributed by atoms with Gasteiger partial charge >= 0.3 is 5.97 Å². The molecule has 2 aromatic carbocycles. The van der Waals surface area contributed by atoms with E-state index in [0.717, 1.165) is 11.1 Å². The highest BCUT2D eigenvalue weighted by Gasteiger charge is 2.24. The third-order valence-corrected chi connectivity index (χ3v) is 5.51. The number of amidine groups is 1. The zero-order chi connectivity index (χ0) is 21.3. The van der Waals surface area contributed by atoms with Crippen molar-refractivity contribution in [2.75, 3.05) is 0 Å². The first-order chi connectivity index (χ1) is 14.4. The highest BCUT2D eigenvalue weighted by Crippen LogP contribution is 2.31. The molecule has 6 nitrogen and oxygen atoms in total. The summed E-state index contributed by atoms with van der Waals surface area (Å²) in [7, 11) is 0. The van der Waals surface area contributed by atoms with E-state index in [9.17, 15) is 9.59 Å². The first-order valence-corrected chi connectivity index (χ1v) is 10.1. The molecule has 8 heteroatoms. The summed E-state index contributed by atoms with van der Waals surface area (Å²) in [6.07, 6.45) is 1.65. The Bertz CT molecular complexity index is 1210. The summed E-state index contributed by atoms with van der Waals surface area (Å²) in [5.41, 5.74) is 2.48. The van der Waals surface area contributed by atoms with Crippen LogP contribution in [0.2, 0.25) is 5.02 Å². The molecule has 0 unspecified atom stereocenters. The molecule has 1 amide bonds. The molecule has 2 heterocycles. The number of aliphatic imine (C=N–C) groups is 1. The second-order valence-corrected chi connectivity index (χ2v) is 7.96. The topological polar surface area (TPSA) is 91.9 Å². The zero-order valence-electron chi connectivity index (χ0n) is 15.7. The molecule has 4 rings (SSSR count). The van der Waals surface area contributed by atoms with Crippen LogP contribution in [-0.4, -0.2) is 22.2 Å². The number of furan rings is 1. The van der Waals surface area contributed by atoms with Gasteiger partial charge in [0.1, 0.15) is 11.5 Å². The Hall–Kier alpha value is -3.29. The molecule has 150 valence electrons. The summed E-state index contributed by atoms with van der Waals surface area (Å²) in [6, 6.07) is 15.4. The molecule has 30 heavy (non-hydrogen) atoms. The van der Waals surface area contributed by atoms with Crippen molar-refractivity contribution in [3.63, 3.8) is 0 Å². The van der Waals surface area contributed by atoms with Crippen LogP contribution < -0.4 is 5.32 Å². The highest BCUT2D eigenvalue weighted by atomic mass is 35.5. The van der Waals surface area contributed by atoms with Crippen molar-refractivity contribution in [1.82, 2.24) is 5.32 Å². The molecule has 1 aliphatic heterocycles. The lowest BCUT2D eigenvalue weighted by Crippen LogP contribution is -2.19. The molecule has 0 atom stereocenters. The summed E-state index contributed by atoms with van der Waals surface area (Å²) >= 11 is 7.09. The molecule has 0 spiro atoms. The van der Waals surface area contributed by atoms with Gasteiger partial charge in [-0.25, -0.2) is 9.79 Å². The normalized spacial score (nSPS) is 16.3. The van der Waals surface area contributed by atoms with Crippen LogP contribution in [0.25, 0.3) is 17.4 Å². The largest absolute Gasteiger partial charge is 0.478 e. The van der Waals surface area contributed by atoms with Crippen molar-refractivity contribution in [3.8, 4) is 11.3 Å². The Balaban J connectivity index is 1.55. The maximum atomic E-state index is 12.3. The smallest absolute Gasteiger partial charge is 0.335 e. The number of amides is 1. The van der Waals surface area contributed by atoms with Gasteiger partial charge in [0.25, 0.3) is 5.91 Å². The predicted octanol–water partition coefficient (Wildman–Crippen LogP) is 5.50. The van der Waals surface area contributed by atoms with Gasteiger partial charge in [-0.1, -0.05) is 17.7 Å². The molecule has 0 aliphatic carbocycles. The first kappa shape index (κ1) is 20.0. The summed E-state index contributed by atoms with van der Waals surface area (Å²) in [6.45, 7) is 1.82. The van der Waals surface area contributed by atoms with E-state index < -0.39 is 5.97 Å². The fourth-order valence-corrected chi connectivity index (χ4v) is 3.84. The van der Waals surface area contributed by atoms with E-state index in [1.165, 1.54) is 17.8 Å². The predicted molar refractivity (Wildman–Crippen MR) is 118 cm³/mol. The number of nitrogens with one attached hydrogen (secondary N) is 1. The average Bonchev–Trinajstić information content (AvgIpc) is 3.30. The van der Waals surface area contributed by atoms with Gasteiger partial charge in [-0.15, -0.1) is 0 Å². The van der Waals surface area contributed by atoms with Crippen LogP contribution in [0.15, 0.2) is 68.9 Å². The number of aromatic carboxylic acids is 1. The molecule has 1 fully saturated rings. The van der Waals surface area contributed by atoms with Gasteiger partial charge in [0.05, 0.1) is 16.2 Å². The Morgan fingerprint density at radius 2 is 1.93 bits per heavy atom. The van der Waals surface area contributed by atoms with Gasteiger partial charge in [-0.2, -0.15) is 0 Å². The van der Waals surface area contributed by atoms with E-state index in [1.54, 1.807) is 54.6 Å². The minimum atomic E-state index is -0.977. The number of hydrogen-bond acceptors (Lipinski definition) is 5. The van der Waals surface area contributed by atoms with Crippen molar-refractivity contribution in [2.24, 2.45) is 4.99 Å². The maximum absolute atomic E-state index is 12.3. The summed E-state index contributed by atoms with van der Waals surface area (Å²) in [5, 5.41) is 12.9. The number of carbonyl (C=O) groups excluding carboxylic acids is 1. The summed E-state index contributed by atoms with van der Waals surface area (Å²) in [5.74, 6) is -0.130. The molecular formula is C22H15ClN2O4S. The molecule has 0 bridgehead atoms. The van der Waals surface area contributed by atoms with Crippen LogP contribution in [0.1, 0.15) is 21.7 Å². The number of carboxylic acids is 1. The molecule has 2 N–H and O–H groups in total. The highest BCUT2D eigenvalue weighted by molar-refractivity contribution is 8.18. The van der Waals surface area contributed by atoms with Crippen LogP contribution >= 0.6 is 23.4 Å². The zero-order valence-corrected chi connectivity index (χ0v) is 17.3. The Morgan fingerprint density at radius 1 is 1.17 bits per heavy atom. The van der Waals surface area contributed by atoms with Crippen LogP contribution in [0.3, 0.4) is 0 Å². The summed E-state index contributed by atoms with van der Waals surface area (Å²) < 4.78 is 5.86. The van der Waals surface area contributed by atoms with Crippen LogP contribution in [0, 0.1) is 6.92 Å². The summed E-state index contributed by atoms with van der Waals surface area (Å²) in [4.78, 5) is 28.2. The van der Waals surface area contributed by atoms with E-state index in [1.807, 2.05) is 6.92 Å². The maximum Gasteiger partial charge on any atom is 0.335 e. The van der Waals surface area contributed by atoms with Crippen molar-refractivity contribution in [3.05, 3.63) is 81.4 Å². The van der Waals surface area contributed by atoms with E-state index in [0.29, 0.717) is 32.3 Å². The molecule has 1 aromatic heterocycles. The lowest BCUT2D eigenvalue weighted by atomic mass is 10.0. The number of hydrogen-bond donors (Lipinski definition) is 2. The number of benzene rings is 2. The average molecular weight is 439 g/mol. The van der Waals surface area contributed by atoms with Gasteiger partial charge < -0.3 is 14.8 Å². The Labute approximate surface area is 181 Å². The second-order valence-electron chi connectivity index (χ2n) is 6.50.